The van der Waals surface area contributed by atoms with Crippen LogP contribution in [0.15, 0.2) is 36.8 Å². The van der Waals surface area contributed by atoms with Crippen molar-refractivity contribution in [2.75, 3.05) is 31.1 Å². The highest BCUT2D eigenvalue weighted by Gasteiger charge is 2.36. The Kier molecular flexibility index (Phi) is 3.56. The van der Waals surface area contributed by atoms with Crippen LogP contribution in [0.1, 0.15) is 0 Å². The molecule has 5 heterocycles. The number of carbonyl (C=O) groups is 1. The van der Waals surface area contributed by atoms with Crippen molar-refractivity contribution >= 4 is 12.0 Å². The van der Waals surface area contributed by atoms with Gasteiger partial charge in [0.2, 0.25) is 5.95 Å². The van der Waals surface area contributed by atoms with E-state index in [2.05, 4.69) is 30.5 Å². The fraction of sp³-hybridized carbons (Fsp3) is 0.353. The molecule has 2 fully saturated rings. The number of aromatic nitrogens is 6. The number of rotatable bonds is 3. The van der Waals surface area contributed by atoms with Crippen LogP contribution in [0.2, 0.25) is 0 Å². The van der Waals surface area contributed by atoms with Gasteiger partial charge in [-0.1, -0.05) is 6.07 Å². The summed E-state index contributed by atoms with van der Waals surface area (Å²) in [5, 5.41) is 16.0. The molecule has 2 saturated heterocycles. The first kappa shape index (κ1) is 15.8. The molecule has 5 rings (SSSR count). The highest BCUT2D eigenvalue weighted by Crippen LogP contribution is 2.24. The third-order valence-electron chi connectivity index (χ3n) is 5.09. The summed E-state index contributed by atoms with van der Waals surface area (Å²) >= 11 is 0. The van der Waals surface area contributed by atoms with Crippen LogP contribution in [-0.2, 0) is 7.05 Å². The number of amides is 2. The fourth-order valence-corrected chi connectivity index (χ4v) is 3.69. The third-order valence-corrected chi connectivity index (χ3v) is 5.09. The number of piperazine rings is 1. The van der Waals surface area contributed by atoms with Gasteiger partial charge >= 0.3 is 6.03 Å². The van der Waals surface area contributed by atoms with Crippen LogP contribution in [-0.4, -0.2) is 72.7 Å². The predicted molar refractivity (Wildman–Crippen MR) is 97.5 cm³/mol. The first-order chi connectivity index (χ1) is 13.2. The minimum atomic E-state index is 0.0280. The summed E-state index contributed by atoms with van der Waals surface area (Å²) in [7, 11) is 1.95. The van der Waals surface area contributed by atoms with Gasteiger partial charge < -0.3 is 15.1 Å². The molecule has 138 valence electrons. The van der Waals surface area contributed by atoms with Gasteiger partial charge in [-0.25, -0.2) is 14.5 Å². The minimum absolute atomic E-state index is 0.0280. The van der Waals surface area contributed by atoms with E-state index in [1.807, 2.05) is 40.9 Å². The SMILES string of the molecule is Cn1c(-c2cnn(-c3ccccn3)c2)nnc1N1CCN2C(=O)NCC2C1. The number of hydrogen-bond acceptors (Lipinski definition) is 6. The lowest BCUT2D eigenvalue weighted by Gasteiger charge is -2.36. The van der Waals surface area contributed by atoms with Crippen LogP contribution < -0.4 is 10.2 Å². The van der Waals surface area contributed by atoms with E-state index in [0.717, 1.165) is 36.2 Å². The zero-order chi connectivity index (χ0) is 18.4. The highest BCUT2D eigenvalue weighted by molar-refractivity contribution is 5.77. The van der Waals surface area contributed by atoms with Crippen molar-refractivity contribution in [3.63, 3.8) is 0 Å². The first-order valence-corrected chi connectivity index (χ1v) is 8.86. The van der Waals surface area contributed by atoms with E-state index in [1.54, 1.807) is 17.1 Å². The van der Waals surface area contributed by atoms with Crippen LogP contribution in [0.3, 0.4) is 0 Å². The second kappa shape index (κ2) is 6.08. The third kappa shape index (κ3) is 2.60. The molecule has 1 unspecified atom stereocenters. The Labute approximate surface area is 155 Å². The monoisotopic (exact) mass is 365 g/mol. The number of fused-ring (bicyclic) bond motifs is 1. The Morgan fingerprint density at radius 3 is 3.00 bits per heavy atom. The van der Waals surface area contributed by atoms with Gasteiger partial charge in [-0.05, 0) is 12.1 Å². The molecule has 1 atom stereocenters. The van der Waals surface area contributed by atoms with Crippen LogP contribution in [0, 0.1) is 0 Å². The van der Waals surface area contributed by atoms with E-state index in [-0.39, 0.29) is 12.1 Å². The largest absolute Gasteiger partial charge is 0.337 e. The lowest BCUT2D eigenvalue weighted by Crippen LogP contribution is -2.52. The number of hydrogen-bond donors (Lipinski definition) is 1. The van der Waals surface area contributed by atoms with Crippen LogP contribution in [0.5, 0.6) is 0 Å². The lowest BCUT2D eigenvalue weighted by atomic mass is 10.2. The molecule has 2 aliphatic heterocycles. The molecule has 3 aromatic rings. The van der Waals surface area contributed by atoms with Crippen molar-refractivity contribution in [1.82, 2.24) is 39.7 Å². The van der Waals surface area contributed by atoms with Crippen molar-refractivity contribution in [3.05, 3.63) is 36.8 Å². The Bertz CT molecular complexity index is 979. The summed E-state index contributed by atoms with van der Waals surface area (Å²) < 4.78 is 3.69. The maximum atomic E-state index is 11.8. The molecule has 0 bridgehead atoms. The van der Waals surface area contributed by atoms with E-state index >= 15 is 0 Å². The van der Waals surface area contributed by atoms with Gasteiger partial charge in [-0.15, -0.1) is 10.2 Å². The number of carbonyl (C=O) groups excluding carboxylic acids is 1. The molecule has 27 heavy (non-hydrogen) atoms. The van der Waals surface area contributed by atoms with Crippen molar-refractivity contribution in [2.45, 2.75) is 6.04 Å². The first-order valence-electron chi connectivity index (χ1n) is 8.86. The maximum Gasteiger partial charge on any atom is 0.317 e. The molecule has 3 aromatic heterocycles. The van der Waals surface area contributed by atoms with Gasteiger partial charge in [0.1, 0.15) is 0 Å². The average Bonchev–Trinajstić information content (AvgIpc) is 3.41. The van der Waals surface area contributed by atoms with Crippen molar-refractivity contribution < 1.29 is 4.79 Å². The number of nitrogens with zero attached hydrogens (tertiary/aromatic N) is 8. The van der Waals surface area contributed by atoms with Crippen LogP contribution in [0.4, 0.5) is 10.7 Å². The molecule has 10 nitrogen and oxygen atoms in total. The number of urea groups is 1. The van der Waals surface area contributed by atoms with E-state index in [9.17, 15) is 4.79 Å². The van der Waals surface area contributed by atoms with Gasteiger partial charge in [-0.2, -0.15) is 5.10 Å². The van der Waals surface area contributed by atoms with Crippen LogP contribution >= 0.6 is 0 Å². The zero-order valence-corrected chi connectivity index (χ0v) is 14.9. The van der Waals surface area contributed by atoms with Crippen LogP contribution in [0.25, 0.3) is 17.2 Å². The molecular weight excluding hydrogens is 346 g/mol. The summed E-state index contributed by atoms with van der Waals surface area (Å²) in [6.45, 7) is 2.86. The molecular formula is C17H19N9O. The summed E-state index contributed by atoms with van der Waals surface area (Å²) in [6, 6.07) is 5.90. The standard InChI is InChI=1S/C17H19N9O/c1-23-15(12-8-20-26(10-12)14-4-2-3-5-18-14)21-22-16(23)24-6-7-25-13(11-24)9-19-17(25)27/h2-5,8,10,13H,6-7,9,11H2,1H3,(H,19,27). The van der Waals surface area contributed by atoms with Gasteiger partial charge in [0.15, 0.2) is 11.6 Å². The van der Waals surface area contributed by atoms with Crippen molar-refractivity contribution in [2.24, 2.45) is 7.05 Å². The number of pyridine rings is 1. The molecule has 0 aliphatic carbocycles. The second-order valence-corrected chi connectivity index (χ2v) is 6.72. The fourth-order valence-electron chi connectivity index (χ4n) is 3.69. The number of anilines is 1. The Morgan fingerprint density at radius 2 is 2.15 bits per heavy atom. The molecule has 0 saturated carbocycles. The smallest absolute Gasteiger partial charge is 0.317 e. The topological polar surface area (TPSA) is 97.0 Å². The summed E-state index contributed by atoms with van der Waals surface area (Å²) in [6.07, 6.45) is 5.40. The van der Waals surface area contributed by atoms with E-state index in [4.69, 9.17) is 0 Å². The molecule has 0 radical (unpaired) electrons. The average molecular weight is 365 g/mol. The maximum absolute atomic E-state index is 11.8. The Hall–Kier alpha value is -3.43. The lowest BCUT2D eigenvalue weighted by molar-refractivity contribution is 0.197. The molecule has 2 aliphatic rings. The molecule has 1 N–H and O–H groups in total. The van der Waals surface area contributed by atoms with Gasteiger partial charge in [0, 0.05) is 45.6 Å². The predicted octanol–water partition coefficient (Wildman–Crippen LogP) is 0.277. The molecule has 0 aromatic carbocycles. The summed E-state index contributed by atoms with van der Waals surface area (Å²) in [4.78, 5) is 20.2. The molecule has 0 spiro atoms. The molecule has 2 amide bonds. The summed E-state index contributed by atoms with van der Waals surface area (Å²) in [5.41, 5.74) is 0.873. The normalized spacial score (nSPS) is 19.3. The second-order valence-electron chi connectivity index (χ2n) is 6.72. The Morgan fingerprint density at radius 1 is 1.22 bits per heavy atom. The molecule has 10 heteroatoms. The van der Waals surface area contributed by atoms with Gasteiger partial charge in [-0.3, -0.25) is 4.57 Å². The van der Waals surface area contributed by atoms with Gasteiger partial charge in [0.25, 0.3) is 0 Å². The van der Waals surface area contributed by atoms with Crippen molar-refractivity contribution in [1.29, 1.82) is 0 Å². The highest BCUT2D eigenvalue weighted by atomic mass is 16.2. The quantitative estimate of drug-likeness (QED) is 0.716. The van der Waals surface area contributed by atoms with E-state index < -0.39 is 0 Å². The minimum Gasteiger partial charge on any atom is -0.337 e. The Balaban J connectivity index is 1.40. The zero-order valence-electron chi connectivity index (χ0n) is 14.9. The van der Waals surface area contributed by atoms with E-state index in [1.165, 1.54) is 0 Å². The van der Waals surface area contributed by atoms with Crippen molar-refractivity contribution in [3.8, 4) is 17.2 Å². The van der Waals surface area contributed by atoms with E-state index in [0.29, 0.717) is 13.1 Å². The number of nitrogens with one attached hydrogen (secondary N) is 1. The van der Waals surface area contributed by atoms with Gasteiger partial charge in [0.05, 0.1) is 17.8 Å². The summed E-state index contributed by atoms with van der Waals surface area (Å²) in [5.74, 6) is 2.30.